The highest BCUT2D eigenvalue weighted by Gasteiger charge is 2.31. The number of hydrogen-bond donors (Lipinski definition) is 3. The van der Waals surface area contributed by atoms with Gasteiger partial charge < -0.3 is 10.6 Å². The van der Waals surface area contributed by atoms with E-state index in [1.165, 1.54) is 19.1 Å². The molecule has 1 aromatic rings. The third kappa shape index (κ3) is 8.31. The fraction of sp³-hybridized carbons (Fsp3) is 0.591. The number of aryl methyl sites for hydroxylation is 1. The van der Waals surface area contributed by atoms with Gasteiger partial charge in [-0.05, 0) is 44.2 Å². The number of amides is 2. The van der Waals surface area contributed by atoms with Gasteiger partial charge in [-0.2, -0.15) is 4.72 Å². The summed E-state index contributed by atoms with van der Waals surface area (Å²) in [7, 11) is -3.97. The zero-order valence-corrected chi connectivity index (χ0v) is 20.3. The molecule has 1 aromatic carbocycles. The predicted molar refractivity (Wildman–Crippen MR) is 120 cm³/mol. The number of Topliss-reactive ketones (excluding diaryl/α,β-unsaturated/α-hetero) is 1. The van der Waals surface area contributed by atoms with E-state index in [0.29, 0.717) is 0 Å². The maximum Gasteiger partial charge on any atom is 0.242 e. The molecule has 0 fully saturated rings. The summed E-state index contributed by atoms with van der Waals surface area (Å²) in [5.41, 5.74) is 0.893. The van der Waals surface area contributed by atoms with Crippen LogP contribution in [-0.4, -0.2) is 50.8 Å². The van der Waals surface area contributed by atoms with Gasteiger partial charge >= 0.3 is 0 Å². The van der Waals surface area contributed by atoms with Crippen molar-refractivity contribution >= 4 is 27.6 Å². The summed E-state index contributed by atoms with van der Waals surface area (Å²) in [5.74, 6) is -2.45. The maximum atomic E-state index is 12.8. The summed E-state index contributed by atoms with van der Waals surface area (Å²) in [6, 6.07) is 3.01. The van der Waals surface area contributed by atoms with E-state index >= 15 is 0 Å². The third-order valence-electron chi connectivity index (χ3n) is 4.86. The van der Waals surface area contributed by atoms with Crippen molar-refractivity contribution in [1.82, 2.24) is 15.4 Å². The van der Waals surface area contributed by atoms with E-state index in [0.717, 1.165) is 5.56 Å². The van der Waals surface area contributed by atoms with Gasteiger partial charge in [-0.1, -0.05) is 45.4 Å². The number of nitrogens with one attached hydrogen (secondary N) is 3. The average molecular weight is 472 g/mol. The number of carbonyl (C=O) groups excluding carboxylic acids is 3. The predicted octanol–water partition coefficient (Wildman–Crippen LogP) is 1.87. The summed E-state index contributed by atoms with van der Waals surface area (Å²) in [6.45, 7) is 9.05. The van der Waals surface area contributed by atoms with Gasteiger partial charge in [0, 0.05) is 0 Å². The number of carbonyl (C=O) groups is 3. The molecule has 32 heavy (non-hydrogen) atoms. The summed E-state index contributed by atoms with van der Waals surface area (Å²) in [6.07, 6.45) is 0.264. The molecule has 180 valence electrons. The van der Waals surface area contributed by atoms with Crippen LogP contribution in [0.2, 0.25) is 0 Å². The number of alkyl halides is 1. The Morgan fingerprint density at radius 2 is 1.50 bits per heavy atom. The van der Waals surface area contributed by atoms with Crippen molar-refractivity contribution in [3.63, 3.8) is 0 Å². The quantitative estimate of drug-likeness (QED) is 0.430. The molecular weight excluding hydrogens is 437 g/mol. The number of benzene rings is 1. The molecule has 0 aliphatic heterocycles. The molecule has 0 saturated carbocycles. The van der Waals surface area contributed by atoms with Gasteiger partial charge in [0.15, 0.2) is 5.78 Å². The van der Waals surface area contributed by atoms with E-state index in [1.807, 2.05) is 20.8 Å². The smallest absolute Gasteiger partial charge is 0.242 e. The van der Waals surface area contributed by atoms with Crippen molar-refractivity contribution in [2.45, 2.75) is 71.0 Å². The minimum Gasteiger partial charge on any atom is -0.344 e. The highest BCUT2D eigenvalue weighted by molar-refractivity contribution is 7.89. The minimum atomic E-state index is -3.97. The van der Waals surface area contributed by atoms with Gasteiger partial charge in [-0.15, -0.1) is 0 Å². The van der Waals surface area contributed by atoms with E-state index in [2.05, 4.69) is 15.4 Å². The van der Waals surface area contributed by atoms with E-state index in [9.17, 15) is 27.2 Å². The third-order valence-corrected chi connectivity index (χ3v) is 6.32. The molecular formula is C22H34FN3O5S. The molecule has 0 saturated heterocycles. The van der Waals surface area contributed by atoms with E-state index < -0.39 is 58.3 Å². The number of sulfonamides is 1. The van der Waals surface area contributed by atoms with Crippen LogP contribution in [0.3, 0.4) is 0 Å². The zero-order chi connectivity index (χ0) is 24.6. The van der Waals surface area contributed by atoms with Crippen LogP contribution in [0.4, 0.5) is 4.39 Å². The van der Waals surface area contributed by atoms with Crippen LogP contribution >= 0.6 is 0 Å². The first kappa shape index (κ1) is 27.7. The zero-order valence-electron chi connectivity index (χ0n) is 19.4. The largest absolute Gasteiger partial charge is 0.344 e. The van der Waals surface area contributed by atoms with Crippen LogP contribution in [0.25, 0.3) is 0 Å². The lowest BCUT2D eigenvalue weighted by atomic mass is 10.00. The SMILES string of the molecule is Cc1ccc(S(=O)(=O)NC(C(=O)NC(C)C(=O)NC(CC(C)C)C(=O)CF)C(C)C)cc1. The van der Waals surface area contributed by atoms with Crippen molar-refractivity contribution in [2.24, 2.45) is 11.8 Å². The van der Waals surface area contributed by atoms with Gasteiger partial charge in [-0.3, -0.25) is 14.4 Å². The van der Waals surface area contributed by atoms with Crippen LogP contribution < -0.4 is 15.4 Å². The second-order valence-corrected chi connectivity index (χ2v) is 10.4. The first-order valence-corrected chi connectivity index (χ1v) is 12.0. The summed E-state index contributed by atoms with van der Waals surface area (Å²) in [4.78, 5) is 37.1. The second kappa shape index (κ2) is 12.1. The molecule has 3 N–H and O–H groups in total. The lowest BCUT2D eigenvalue weighted by Crippen LogP contribution is -2.56. The highest BCUT2D eigenvalue weighted by atomic mass is 32.2. The molecule has 0 aromatic heterocycles. The summed E-state index contributed by atoms with van der Waals surface area (Å²) < 4.78 is 40.6. The Bertz CT molecular complexity index is 901. The Balaban J connectivity index is 2.89. The molecule has 0 heterocycles. The summed E-state index contributed by atoms with van der Waals surface area (Å²) in [5, 5.41) is 4.95. The highest BCUT2D eigenvalue weighted by Crippen LogP contribution is 2.13. The Hall–Kier alpha value is -2.33. The van der Waals surface area contributed by atoms with Gasteiger partial charge in [0.1, 0.15) is 18.8 Å². The Morgan fingerprint density at radius 1 is 0.938 bits per heavy atom. The van der Waals surface area contributed by atoms with Crippen molar-refractivity contribution in [3.8, 4) is 0 Å². The lowest BCUT2D eigenvalue weighted by Gasteiger charge is -2.25. The molecule has 8 nitrogen and oxygen atoms in total. The van der Waals surface area contributed by atoms with Crippen LogP contribution in [0, 0.1) is 18.8 Å². The van der Waals surface area contributed by atoms with Gasteiger partial charge in [0.05, 0.1) is 10.9 Å². The maximum absolute atomic E-state index is 12.8. The van der Waals surface area contributed by atoms with Gasteiger partial charge in [-0.25, -0.2) is 12.8 Å². The summed E-state index contributed by atoms with van der Waals surface area (Å²) >= 11 is 0. The van der Waals surface area contributed by atoms with Crippen LogP contribution in [0.15, 0.2) is 29.2 Å². The van der Waals surface area contributed by atoms with E-state index in [4.69, 9.17) is 0 Å². The van der Waals surface area contributed by atoms with Gasteiger partial charge in [0.25, 0.3) is 0 Å². The number of ketones is 1. The molecule has 0 aliphatic rings. The normalized spacial score (nSPS) is 14.7. The van der Waals surface area contributed by atoms with E-state index in [-0.39, 0.29) is 17.2 Å². The first-order valence-electron chi connectivity index (χ1n) is 10.6. The monoisotopic (exact) mass is 471 g/mol. The fourth-order valence-corrected chi connectivity index (χ4v) is 4.29. The van der Waals surface area contributed by atoms with Crippen molar-refractivity contribution < 1.29 is 27.2 Å². The minimum absolute atomic E-state index is 0.0219. The molecule has 3 unspecified atom stereocenters. The molecule has 1 rings (SSSR count). The van der Waals surface area contributed by atoms with Crippen molar-refractivity contribution in [3.05, 3.63) is 29.8 Å². The number of rotatable bonds is 12. The lowest BCUT2D eigenvalue weighted by molar-refractivity contribution is -0.132. The molecule has 10 heteroatoms. The van der Waals surface area contributed by atoms with Crippen molar-refractivity contribution in [1.29, 1.82) is 0 Å². The molecule has 0 aliphatic carbocycles. The molecule has 0 bridgehead atoms. The van der Waals surface area contributed by atoms with E-state index in [1.54, 1.807) is 26.0 Å². The van der Waals surface area contributed by atoms with Crippen LogP contribution in [-0.2, 0) is 24.4 Å². The standard InChI is InChI=1S/C22H34FN3O5S/c1-13(2)11-18(19(27)12-23)25-21(28)16(6)24-22(29)20(14(3)4)26-32(30,31)17-9-7-15(5)8-10-17/h7-10,13-14,16,18,20,26H,11-12H2,1-6H3,(H,24,29)(H,25,28). The van der Waals surface area contributed by atoms with Crippen LogP contribution in [0.5, 0.6) is 0 Å². The molecule has 3 atom stereocenters. The molecule has 2 amide bonds. The average Bonchev–Trinajstić information content (AvgIpc) is 2.70. The second-order valence-electron chi connectivity index (χ2n) is 8.68. The Labute approximate surface area is 189 Å². The number of halogens is 1. The van der Waals surface area contributed by atoms with Crippen LogP contribution in [0.1, 0.15) is 46.6 Å². The molecule has 0 spiro atoms. The Kier molecular flexibility index (Phi) is 10.4. The number of hydrogen-bond acceptors (Lipinski definition) is 5. The first-order chi connectivity index (χ1) is 14.8. The molecule has 0 radical (unpaired) electrons. The Morgan fingerprint density at radius 3 is 1.97 bits per heavy atom. The van der Waals surface area contributed by atoms with Crippen molar-refractivity contribution in [2.75, 3.05) is 6.67 Å². The topological polar surface area (TPSA) is 121 Å². The fourth-order valence-electron chi connectivity index (χ4n) is 2.95. The van der Waals surface area contributed by atoms with Gasteiger partial charge in [0.2, 0.25) is 21.8 Å².